The third kappa shape index (κ3) is 14.9. The third-order valence-electron chi connectivity index (χ3n) is 1.14. The van der Waals surface area contributed by atoms with Crippen LogP contribution < -0.4 is 11.5 Å². The predicted molar refractivity (Wildman–Crippen MR) is 54.7 cm³/mol. The lowest BCUT2D eigenvalue weighted by molar-refractivity contribution is 0.275. The largest absolute Gasteiger partial charge is 0.330 e. The van der Waals surface area contributed by atoms with Crippen LogP contribution in [0.3, 0.4) is 0 Å². The maximum absolute atomic E-state index is 10.5. The molecule has 0 spiro atoms. The van der Waals surface area contributed by atoms with Gasteiger partial charge in [0.15, 0.2) is 0 Å². The molecular weight excluding hydrogens is 191 g/mol. The zero-order valence-corrected chi connectivity index (χ0v) is 9.30. The normalized spacial score (nSPS) is 14.2. The standard InChI is InChI=1S/C4H11O3P.C3H10N2/c1-3-7-8(5,6)4-2;4-2-1-3-5/h3-4H2,1-2H3,(H,5,6);1-5H2. The Morgan fingerprint density at radius 1 is 1.31 bits per heavy atom. The monoisotopic (exact) mass is 212 g/mol. The van der Waals surface area contributed by atoms with Crippen molar-refractivity contribution >= 4 is 7.60 Å². The van der Waals surface area contributed by atoms with Crippen LogP contribution in [0.25, 0.3) is 0 Å². The fraction of sp³-hybridized carbons (Fsp3) is 1.00. The highest BCUT2D eigenvalue weighted by molar-refractivity contribution is 7.52. The minimum absolute atomic E-state index is 0.195. The molecule has 0 rings (SSSR count). The summed E-state index contributed by atoms with van der Waals surface area (Å²) in [6.07, 6.45) is 1.14. The van der Waals surface area contributed by atoms with E-state index in [2.05, 4.69) is 4.52 Å². The van der Waals surface area contributed by atoms with Gasteiger partial charge in [0.1, 0.15) is 0 Å². The van der Waals surface area contributed by atoms with Gasteiger partial charge < -0.3 is 20.9 Å². The average molecular weight is 212 g/mol. The molecule has 0 amide bonds. The molecular formula is C7H21N2O3P. The molecule has 1 unspecified atom stereocenters. The van der Waals surface area contributed by atoms with Crippen molar-refractivity contribution in [2.75, 3.05) is 25.9 Å². The van der Waals surface area contributed by atoms with E-state index in [1.165, 1.54) is 0 Å². The maximum Gasteiger partial charge on any atom is 0.327 e. The van der Waals surface area contributed by atoms with E-state index in [4.69, 9.17) is 16.4 Å². The van der Waals surface area contributed by atoms with Gasteiger partial charge in [-0.25, -0.2) is 0 Å². The van der Waals surface area contributed by atoms with Gasteiger partial charge in [-0.3, -0.25) is 4.57 Å². The summed E-state index contributed by atoms with van der Waals surface area (Å²) in [6.45, 7) is 5.06. The summed E-state index contributed by atoms with van der Waals surface area (Å²) in [5.74, 6) is 0. The van der Waals surface area contributed by atoms with E-state index in [0.717, 1.165) is 19.5 Å². The zero-order chi connectivity index (χ0) is 10.7. The van der Waals surface area contributed by atoms with Crippen LogP contribution in [0.1, 0.15) is 20.3 Å². The van der Waals surface area contributed by atoms with Gasteiger partial charge in [0, 0.05) is 6.16 Å². The molecule has 5 N–H and O–H groups in total. The van der Waals surface area contributed by atoms with Crippen LogP contribution in [-0.4, -0.2) is 30.8 Å². The molecule has 0 saturated heterocycles. The summed E-state index contributed by atoms with van der Waals surface area (Å²) in [4.78, 5) is 8.66. The van der Waals surface area contributed by atoms with Crippen molar-refractivity contribution in [3.63, 3.8) is 0 Å². The van der Waals surface area contributed by atoms with Gasteiger partial charge >= 0.3 is 7.60 Å². The van der Waals surface area contributed by atoms with Crippen LogP contribution in [-0.2, 0) is 9.09 Å². The van der Waals surface area contributed by atoms with Crippen LogP contribution >= 0.6 is 7.60 Å². The first-order valence-corrected chi connectivity index (χ1v) is 6.16. The molecule has 0 aromatic rings. The van der Waals surface area contributed by atoms with Crippen molar-refractivity contribution in [1.82, 2.24) is 0 Å². The number of nitrogens with two attached hydrogens (primary N) is 2. The first-order valence-electron chi connectivity index (χ1n) is 4.40. The maximum atomic E-state index is 10.5. The second-order valence-electron chi connectivity index (χ2n) is 2.30. The molecule has 0 aliphatic rings. The van der Waals surface area contributed by atoms with Gasteiger partial charge in [0.2, 0.25) is 0 Å². The lowest BCUT2D eigenvalue weighted by Gasteiger charge is -2.05. The van der Waals surface area contributed by atoms with Crippen molar-refractivity contribution in [3.05, 3.63) is 0 Å². The van der Waals surface area contributed by atoms with Crippen LogP contribution in [0, 0.1) is 0 Å². The molecule has 0 radical (unpaired) electrons. The van der Waals surface area contributed by atoms with Crippen LogP contribution in [0.5, 0.6) is 0 Å². The van der Waals surface area contributed by atoms with Gasteiger partial charge in [-0.2, -0.15) is 0 Å². The van der Waals surface area contributed by atoms with Gasteiger partial charge in [-0.15, -0.1) is 0 Å². The van der Waals surface area contributed by atoms with E-state index in [9.17, 15) is 4.57 Å². The molecule has 1 atom stereocenters. The zero-order valence-electron chi connectivity index (χ0n) is 8.40. The van der Waals surface area contributed by atoms with E-state index in [1.54, 1.807) is 13.8 Å². The van der Waals surface area contributed by atoms with Crippen molar-refractivity contribution in [3.8, 4) is 0 Å². The van der Waals surface area contributed by atoms with E-state index in [0.29, 0.717) is 6.61 Å². The van der Waals surface area contributed by atoms with Crippen LogP contribution in [0.4, 0.5) is 0 Å². The lowest BCUT2D eigenvalue weighted by atomic mass is 10.4. The van der Waals surface area contributed by atoms with Gasteiger partial charge in [-0.05, 0) is 26.4 Å². The second-order valence-corrected chi connectivity index (χ2v) is 4.47. The van der Waals surface area contributed by atoms with Crippen molar-refractivity contribution in [2.45, 2.75) is 20.3 Å². The Kier molecular flexibility index (Phi) is 12.1. The molecule has 82 valence electrons. The van der Waals surface area contributed by atoms with Crippen molar-refractivity contribution in [2.24, 2.45) is 11.5 Å². The molecule has 13 heavy (non-hydrogen) atoms. The molecule has 0 saturated carbocycles. The molecule has 0 bridgehead atoms. The summed E-state index contributed by atoms with van der Waals surface area (Å²) in [5, 5.41) is 0. The fourth-order valence-electron chi connectivity index (χ4n) is 0.411. The van der Waals surface area contributed by atoms with E-state index < -0.39 is 7.60 Å². The Hall–Kier alpha value is 0.0700. The fourth-order valence-corrected chi connectivity index (χ4v) is 0.997. The predicted octanol–water partition coefficient (Wildman–Crippen LogP) is 0.522. The third-order valence-corrected chi connectivity index (χ3v) is 2.60. The highest BCUT2D eigenvalue weighted by Gasteiger charge is 2.12. The Morgan fingerprint density at radius 2 is 1.77 bits per heavy atom. The number of hydrogen-bond donors (Lipinski definition) is 3. The van der Waals surface area contributed by atoms with E-state index in [1.807, 2.05) is 0 Å². The smallest absolute Gasteiger partial charge is 0.327 e. The van der Waals surface area contributed by atoms with Gasteiger partial charge in [-0.1, -0.05) is 6.92 Å². The molecule has 5 nitrogen and oxygen atoms in total. The Labute approximate surface area is 80.0 Å². The van der Waals surface area contributed by atoms with Crippen LogP contribution in [0.2, 0.25) is 0 Å². The molecule has 6 heteroatoms. The summed E-state index contributed by atoms with van der Waals surface area (Å²) in [6, 6.07) is 0. The second kappa shape index (κ2) is 10.2. The molecule has 0 aromatic heterocycles. The van der Waals surface area contributed by atoms with E-state index in [-0.39, 0.29) is 6.16 Å². The van der Waals surface area contributed by atoms with E-state index >= 15 is 0 Å². The summed E-state index contributed by atoms with van der Waals surface area (Å²) >= 11 is 0. The van der Waals surface area contributed by atoms with Gasteiger partial charge in [0.25, 0.3) is 0 Å². The molecule has 0 aromatic carbocycles. The first kappa shape index (κ1) is 15.5. The SMILES string of the molecule is CCOP(=O)(O)CC.NCCCN. The lowest BCUT2D eigenvalue weighted by Crippen LogP contribution is -2.06. The Balaban J connectivity index is 0. The van der Waals surface area contributed by atoms with Crippen molar-refractivity contribution in [1.29, 1.82) is 0 Å². The van der Waals surface area contributed by atoms with Gasteiger partial charge in [0.05, 0.1) is 6.61 Å². The summed E-state index contributed by atoms with van der Waals surface area (Å²) in [5.41, 5.74) is 10.1. The number of hydrogen-bond acceptors (Lipinski definition) is 4. The first-order chi connectivity index (χ1) is 6.04. The van der Waals surface area contributed by atoms with Crippen LogP contribution in [0.15, 0.2) is 0 Å². The highest BCUT2D eigenvalue weighted by Crippen LogP contribution is 2.40. The highest BCUT2D eigenvalue weighted by atomic mass is 31.2. The molecule has 0 heterocycles. The Bertz CT molecular complexity index is 142. The number of rotatable bonds is 5. The van der Waals surface area contributed by atoms with Crippen molar-refractivity contribution < 1.29 is 14.0 Å². The summed E-state index contributed by atoms with van der Waals surface area (Å²) in [7, 11) is -3.17. The molecule has 0 aliphatic carbocycles. The minimum Gasteiger partial charge on any atom is -0.330 e. The Morgan fingerprint density at radius 3 is 1.85 bits per heavy atom. The average Bonchev–Trinajstić information content (AvgIpc) is 2.07. The molecule has 0 aliphatic heterocycles. The minimum atomic E-state index is -3.17. The quantitative estimate of drug-likeness (QED) is 0.577. The topological polar surface area (TPSA) is 98.6 Å². The molecule has 0 fully saturated rings. The summed E-state index contributed by atoms with van der Waals surface area (Å²) < 4.78 is 15.0.